The molecule has 24 heteroatoms. The Bertz CT molecular complexity index is 2940. The number of nitrogens with one attached hydrogen (secondary N) is 6. The van der Waals surface area contributed by atoms with Gasteiger partial charge in [-0.05, 0) is 130 Å². The Balaban J connectivity index is 0.00000369. The van der Waals surface area contributed by atoms with E-state index in [0.717, 1.165) is 42.4 Å². The summed E-state index contributed by atoms with van der Waals surface area (Å²) in [6.45, 7) is 12.7. The van der Waals surface area contributed by atoms with Gasteiger partial charge in [-0.3, -0.25) is 38.6 Å². The van der Waals surface area contributed by atoms with Gasteiger partial charge in [0.05, 0.1) is 31.2 Å². The largest absolute Gasteiger partial charge is 0.381 e. The molecule has 7 atom stereocenters. The van der Waals surface area contributed by atoms with Crippen LogP contribution in [0.4, 0.5) is 30.2 Å². The minimum absolute atomic E-state index is 0. The first-order chi connectivity index (χ1) is 38.4. The van der Waals surface area contributed by atoms with Gasteiger partial charge in [-0.15, -0.1) is 37.2 Å². The zero-order chi connectivity index (χ0) is 56.8. The van der Waals surface area contributed by atoms with Crippen molar-refractivity contribution in [3.63, 3.8) is 0 Å². The maximum absolute atomic E-state index is 15.0. The highest BCUT2D eigenvalue weighted by Gasteiger charge is 2.48. The summed E-state index contributed by atoms with van der Waals surface area (Å²) in [5.41, 5.74) is 2.19. The number of amides is 6. The Morgan fingerprint density at radius 3 is 2.25 bits per heavy atom. The third-order valence-electron chi connectivity index (χ3n) is 16.4. The Labute approximate surface area is 501 Å². The van der Waals surface area contributed by atoms with Gasteiger partial charge in [-0.1, -0.05) is 36.4 Å². The fourth-order valence-electron chi connectivity index (χ4n) is 11.6. The van der Waals surface area contributed by atoms with E-state index in [4.69, 9.17) is 9.47 Å². The number of halogens is 6. The van der Waals surface area contributed by atoms with Crippen molar-refractivity contribution in [2.24, 2.45) is 5.92 Å². The quantitative estimate of drug-likeness (QED) is 0.0717. The van der Waals surface area contributed by atoms with Crippen LogP contribution in [-0.4, -0.2) is 160 Å². The number of benzene rings is 4. The summed E-state index contributed by atoms with van der Waals surface area (Å²) in [6, 6.07) is 17.2. The molecule has 18 nitrogen and oxygen atoms in total. The maximum Gasteiger partial charge on any atom is 0.252 e. The Morgan fingerprint density at radius 2 is 1.55 bits per heavy atom. The molecule has 5 aliphatic heterocycles. The van der Waals surface area contributed by atoms with E-state index >= 15 is 8.78 Å². The summed E-state index contributed by atoms with van der Waals surface area (Å²) < 4.78 is 55.1. The van der Waals surface area contributed by atoms with Gasteiger partial charge < -0.3 is 51.2 Å². The molecule has 6 N–H and O–H groups in total. The number of carbonyl (C=O) groups is 6. The fourth-order valence-corrected chi connectivity index (χ4v) is 11.6. The molecular weight excluding hydrogens is 1140 g/mol. The Morgan fingerprint density at radius 1 is 0.843 bits per heavy atom. The summed E-state index contributed by atoms with van der Waals surface area (Å²) in [5.74, 6) is -5.69. The first-order valence-electron chi connectivity index (χ1n) is 27.7. The van der Waals surface area contributed by atoms with Crippen molar-refractivity contribution in [3.8, 4) is 0 Å². The summed E-state index contributed by atoms with van der Waals surface area (Å²) in [6.07, 6.45) is 1.21. The topological polar surface area (TPSA) is 206 Å². The molecule has 83 heavy (non-hydrogen) atoms. The Hall–Kier alpha value is -5.88. The van der Waals surface area contributed by atoms with E-state index < -0.39 is 64.5 Å². The van der Waals surface area contributed by atoms with Crippen LogP contribution in [0, 0.1) is 23.4 Å². The van der Waals surface area contributed by atoms with Gasteiger partial charge in [0.2, 0.25) is 29.5 Å². The molecular formula is C59H76Cl3F3N10O8. The van der Waals surface area contributed by atoms with Crippen LogP contribution in [0.3, 0.4) is 0 Å². The summed E-state index contributed by atoms with van der Waals surface area (Å²) >= 11 is 0. The molecule has 9 rings (SSSR count). The standard InChI is InChI=1S/C59H73F3N10O8.3ClH/c1-35-29-70(44(28-65-35)31-69-21-24-80-33-36(69)2)32-51(74)72-34-59(4,46-16-11-39(26-49(46)72)25-38-9-13-42(60)14-10-38)58(78)64-20-17-50(73)66-43-15-12-41-30-71(54(45(41)27-43)56(76)68-53-47(61)7-6-8-48(53)62)57(77)52(40-18-22-79-23-19-40)67-55(75)37(3)63-5;;;/h6-16,26-27,35-37,40,44,52,54,63,65H,17-25,28-34H2,1-5H3,(H,64,78)(H,66,73)(H,67,75)(H,68,76);3*1H/t35-,36-,37?,44-,52?,54+,59-;;;/m1.../s1. The molecule has 0 aromatic heterocycles. The van der Waals surface area contributed by atoms with Crippen LogP contribution in [0.15, 0.2) is 78.9 Å². The van der Waals surface area contributed by atoms with Crippen LogP contribution >= 0.6 is 37.2 Å². The zero-order valence-corrected chi connectivity index (χ0v) is 49.7. The number of piperazine rings is 1. The zero-order valence-electron chi connectivity index (χ0n) is 47.3. The minimum Gasteiger partial charge on any atom is -0.381 e. The predicted molar refractivity (Wildman–Crippen MR) is 317 cm³/mol. The van der Waals surface area contributed by atoms with Crippen molar-refractivity contribution in [2.75, 3.05) is 94.8 Å². The van der Waals surface area contributed by atoms with E-state index in [2.05, 4.69) is 55.5 Å². The smallest absolute Gasteiger partial charge is 0.252 e. The van der Waals surface area contributed by atoms with E-state index in [-0.39, 0.29) is 117 Å². The Kier molecular flexibility index (Phi) is 23.4. The number of hydrogen-bond donors (Lipinski definition) is 6. The second-order valence-electron chi connectivity index (χ2n) is 22.1. The van der Waals surface area contributed by atoms with E-state index in [9.17, 15) is 33.2 Å². The van der Waals surface area contributed by atoms with Gasteiger partial charge in [0, 0.05) is 94.9 Å². The van der Waals surface area contributed by atoms with Crippen LogP contribution in [0.2, 0.25) is 0 Å². The lowest BCUT2D eigenvalue weighted by Gasteiger charge is -2.43. The molecule has 5 aliphatic rings. The van der Waals surface area contributed by atoms with Gasteiger partial charge in [0.1, 0.15) is 35.2 Å². The van der Waals surface area contributed by atoms with Crippen LogP contribution in [0.5, 0.6) is 0 Å². The van der Waals surface area contributed by atoms with Gasteiger partial charge in [0.25, 0.3) is 5.91 Å². The first kappa shape index (κ1) is 66.3. The van der Waals surface area contributed by atoms with E-state index in [0.29, 0.717) is 81.2 Å². The molecule has 3 saturated heterocycles. The van der Waals surface area contributed by atoms with Gasteiger partial charge in [-0.25, -0.2) is 13.2 Å². The van der Waals surface area contributed by atoms with E-state index in [1.165, 1.54) is 23.1 Å². The number of para-hydroxylation sites is 1. The van der Waals surface area contributed by atoms with Gasteiger partial charge in [-0.2, -0.15) is 0 Å². The molecule has 0 aliphatic carbocycles. The maximum atomic E-state index is 15.0. The third-order valence-corrected chi connectivity index (χ3v) is 16.4. The summed E-state index contributed by atoms with van der Waals surface area (Å²) in [7, 11) is 1.61. The average molecular weight is 1220 g/mol. The van der Waals surface area contributed by atoms with Crippen molar-refractivity contribution < 1.29 is 51.4 Å². The highest BCUT2D eigenvalue weighted by Crippen LogP contribution is 2.43. The van der Waals surface area contributed by atoms with Gasteiger partial charge in [0.15, 0.2) is 0 Å². The summed E-state index contributed by atoms with van der Waals surface area (Å²) in [5, 5.41) is 17.5. The number of fused-ring (bicyclic) bond motifs is 2. The van der Waals surface area contributed by atoms with Crippen molar-refractivity contribution in [3.05, 3.63) is 124 Å². The molecule has 452 valence electrons. The van der Waals surface area contributed by atoms with Crippen molar-refractivity contribution in [1.29, 1.82) is 0 Å². The molecule has 4 aromatic rings. The second kappa shape index (κ2) is 29.3. The number of morpholine rings is 1. The number of likely N-dealkylation sites (N-methyl/N-ethyl adjacent to an activating group) is 1. The van der Waals surface area contributed by atoms with Crippen molar-refractivity contribution in [1.82, 2.24) is 36.0 Å². The molecule has 0 spiro atoms. The van der Waals surface area contributed by atoms with E-state index in [1.807, 2.05) is 18.2 Å². The first-order valence-corrected chi connectivity index (χ1v) is 27.7. The fraction of sp³-hybridized carbons (Fsp3) is 0.492. The molecule has 5 heterocycles. The number of hydrogen-bond acceptors (Lipinski definition) is 12. The number of carbonyl (C=O) groups excluding carboxylic acids is 6. The van der Waals surface area contributed by atoms with Crippen LogP contribution in [-0.2, 0) is 56.6 Å². The third kappa shape index (κ3) is 15.3. The number of ether oxygens (including phenoxy) is 2. The number of nitrogens with zero attached hydrogens (tertiary/aromatic N) is 4. The predicted octanol–water partition coefficient (Wildman–Crippen LogP) is 5.63. The summed E-state index contributed by atoms with van der Waals surface area (Å²) in [4.78, 5) is 93.1. The van der Waals surface area contributed by atoms with Crippen molar-refractivity contribution >= 4 is 89.7 Å². The normalized spacial score (nSPS) is 22.3. The van der Waals surface area contributed by atoms with Crippen molar-refractivity contribution in [2.45, 2.75) is 102 Å². The average Bonchev–Trinajstić information content (AvgIpc) is 3.58. The highest BCUT2D eigenvalue weighted by atomic mass is 35.5. The van der Waals surface area contributed by atoms with Gasteiger partial charge >= 0.3 is 0 Å². The lowest BCUT2D eigenvalue weighted by atomic mass is 9.83. The lowest BCUT2D eigenvalue weighted by molar-refractivity contribution is -0.144. The van der Waals surface area contributed by atoms with Crippen LogP contribution in [0.25, 0.3) is 0 Å². The monoisotopic (exact) mass is 1210 g/mol. The SMILES string of the molecule is CNC(C)C(=O)NC(C(=O)N1Cc2ccc(NC(=O)CCNC(=O)[C@]3(C)CN(C(=O)CN4C[C@@H](C)NC[C@@H]4CN4CCOC[C@H]4C)c4cc(Cc5ccc(F)cc5)ccc43)cc2[C@H]1C(=O)Nc1c(F)cccc1F)C1CCOCC1.Cl.Cl.Cl. The number of anilines is 3. The van der Waals surface area contributed by atoms with Crippen LogP contribution < -0.4 is 36.8 Å². The second-order valence-corrected chi connectivity index (χ2v) is 22.1. The highest BCUT2D eigenvalue weighted by molar-refractivity contribution is 6.04. The minimum atomic E-state index is -1.44. The lowest BCUT2D eigenvalue weighted by Crippen LogP contribution is -2.62. The molecule has 6 amide bonds. The van der Waals surface area contributed by atoms with E-state index in [1.54, 1.807) is 50.1 Å². The molecule has 4 aromatic carbocycles. The molecule has 0 bridgehead atoms. The molecule has 3 fully saturated rings. The molecule has 2 unspecified atom stereocenters. The molecule has 0 saturated carbocycles. The number of rotatable bonds is 18. The molecule has 0 radical (unpaired) electrons. The van der Waals surface area contributed by atoms with Crippen LogP contribution in [0.1, 0.15) is 80.8 Å².